The molecule has 4 rings (SSSR count). The monoisotopic (exact) mass is 439 g/mol. The van der Waals surface area contributed by atoms with Gasteiger partial charge in [0.15, 0.2) is 0 Å². The maximum Gasteiger partial charge on any atom is 0.150 e. The lowest BCUT2D eigenvalue weighted by atomic mass is 10.1. The van der Waals surface area contributed by atoms with Gasteiger partial charge in [-0.2, -0.15) is 0 Å². The molecule has 2 aromatic carbocycles. The van der Waals surface area contributed by atoms with Gasteiger partial charge in [0, 0.05) is 18.4 Å². The number of anilines is 3. The van der Waals surface area contributed by atoms with E-state index in [4.69, 9.17) is 0 Å². The van der Waals surface area contributed by atoms with Crippen LogP contribution in [0, 0.1) is 11.6 Å². The summed E-state index contributed by atoms with van der Waals surface area (Å²) in [5.74, 6) is 1.15. The van der Waals surface area contributed by atoms with Gasteiger partial charge in [-0.3, -0.25) is 4.98 Å². The van der Waals surface area contributed by atoms with E-state index in [1.165, 1.54) is 24.3 Å². The highest BCUT2D eigenvalue weighted by Gasteiger charge is 2.11. The summed E-state index contributed by atoms with van der Waals surface area (Å²) in [6.07, 6.45) is 4.77. The molecule has 0 spiro atoms. The smallest absolute Gasteiger partial charge is 0.150 e. The quantitative estimate of drug-likeness (QED) is 0.377. The van der Waals surface area contributed by atoms with E-state index < -0.39 is 0 Å². The van der Waals surface area contributed by atoms with Crippen LogP contribution in [0.5, 0.6) is 0 Å². The highest BCUT2D eigenvalue weighted by molar-refractivity contribution is 5.85. The lowest BCUT2D eigenvalue weighted by Gasteiger charge is -2.17. The summed E-state index contributed by atoms with van der Waals surface area (Å²) in [6, 6.07) is 16.2. The third-order valence-electron chi connectivity index (χ3n) is 4.56. The lowest BCUT2D eigenvalue weighted by Crippen LogP contribution is -2.09. The van der Waals surface area contributed by atoms with E-state index in [2.05, 4.69) is 25.6 Å². The molecule has 0 unspecified atom stereocenters. The minimum absolute atomic E-state index is 0. The molecule has 0 saturated carbocycles. The van der Waals surface area contributed by atoms with Crippen LogP contribution in [0.25, 0.3) is 11.1 Å². The third-order valence-corrected chi connectivity index (χ3v) is 4.56. The molecule has 0 fully saturated rings. The normalized spacial score (nSPS) is 11.3. The fourth-order valence-corrected chi connectivity index (χ4v) is 3.03. The van der Waals surface area contributed by atoms with Crippen molar-refractivity contribution in [3.8, 4) is 11.1 Å². The number of nitrogens with one attached hydrogen (secondary N) is 2. The van der Waals surface area contributed by atoms with E-state index in [0.717, 1.165) is 16.7 Å². The second-order valence-electron chi connectivity index (χ2n) is 6.77. The van der Waals surface area contributed by atoms with Gasteiger partial charge in [-0.05, 0) is 60.0 Å². The van der Waals surface area contributed by atoms with Crippen LogP contribution in [0.2, 0.25) is 0 Å². The molecule has 2 aromatic heterocycles. The van der Waals surface area contributed by atoms with Crippen molar-refractivity contribution in [3.05, 3.63) is 96.5 Å². The summed E-state index contributed by atoms with van der Waals surface area (Å²) >= 11 is 0. The Bertz CT molecular complexity index is 1120. The second kappa shape index (κ2) is 9.95. The van der Waals surface area contributed by atoms with Crippen LogP contribution < -0.4 is 10.6 Å². The fourth-order valence-electron chi connectivity index (χ4n) is 3.03. The average Bonchev–Trinajstić information content (AvgIpc) is 2.75. The molecule has 1 atom stereocenters. The minimum atomic E-state index is -0.297. The molecular weight excluding hydrogens is 420 g/mol. The molecule has 31 heavy (non-hydrogen) atoms. The molecule has 158 valence electrons. The van der Waals surface area contributed by atoms with Crippen LogP contribution in [-0.4, -0.2) is 15.0 Å². The minimum Gasteiger partial charge on any atom is -0.363 e. The van der Waals surface area contributed by atoms with Crippen LogP contribution in [0.1, 0.15) is 18.5 Å². The molecule has 2 heterocycles. The van der Waals surface area contributed by atoms with Crippen LogP contribution in [0.3, 0.4) is 0 Å². The van der Waals surface area contributed by atoms with Crippen molar-refractivity contribution >= 4 is 29.9 Å². The van der Waals surface area contributed by atoms with E-state index in [1.54, 1.807) is 42.9 Å². The summed E-state index contributed by atoms with van der Waals surface area (Å²) in [4.78, 5) is 12.9. The number of aromatic nitrogens is 3. The number of halogens is 3. The van der Waals surface area contributed by atoms with Gasteiger partial charge < -0.3 is 10.6 Å². The zero-order valence-electron chi connectivity index (χ0n) is 16.6. The van der Waals surface area contributed by atoms with E-state index in [1.807, 2.05) is 19.1 Å². The van der Waals surface area contributed by atoms with Crippen LogP contribution in [0.15, 0.2) is 79.3 Å². The number of pyridine rings is 1. The third kappa shape index (κ3) is 5.73. The molecule has 0 radical (unpaired) electrons. The molecule has 5 nitrogen and oxygen atoms in total. The van der Waals surface area contributed by atoms with E-state index in [9.17, 15) is 8.78 Å². The molecule has 0 aliphatic heterocycles. The Morgan fingerprint density at radius 2 is 1.42 bits per heavy atom. The van der Waals surface area contributed by atoms with Gasteiger partial charge in [-0.1, -0.05) is 24.3 Å². The first kappa shape index (κ1) is 22.1. The highest BCUT2D eigenvalue weighted by atomic mass is 35.5. The summed E-state index contributed by atoms with van der Waals surface area (Å²) < 4.78 is 26.6. The van der Waals surface area contributed by atoms with Crippen molar-refractivity contribution in [2.24, 2.45) is 0 Å². The molecule has 0 aliphatic rings. The van der Waals surface area contributed by atoms with Gasteiger partial charge in [0.25, 0.3) is 0 Å². The van der Waals surface area contributed by atoms with Crippen molar-refractivity contribution in [3.63, 3.8) is 0 Å². The van der Waals surface area contributed by atoms with Crippen molar-refractivity contribution in [1.29, 1.82) is 0 Å². The first-order valence-corrected chi connectivity index (χ1v) is 9.40. The summed E-state index contributed by atoms with van der Waals surface area (Å²) in [5, 5.41) is 6.48. The molecule has 0 saturated heterocycles. The standard InChI is InChI=1S/C23H19F2N5.ClH/c1-15(16-2-6-19(24)7-3-16)28-21-12-18(17-4-8-20(25)9-5-17)13-22(29-21)30-23-14-26-10-11-27-23;/h2-15H,1H3,(H2,27,28,29,30);1H/t15-;/m0./s1. The SMILES string of the molecule is C[C@H](Nc1cc(-c2ccc(F)cc2)cc(Nc2cnccn2)n1)c1ccc(F)cc1.Cl. The van der Waals surface area contributed by atoms with Crippen molar-refractivity contribution in [1.82, 2.24) is 15.0 Å². The Morgan fingerprint density at radius 1 is 0.774 bits per heavy atom. The van der Waals surface area contributed by atoms with Crippen LogP contribution >= 0.6 is 12.4 Å². The number of nitrogens with zero attached hydrogens (tertiary/aromatic N) is 3. The maximum absolute atomic E-state index is 13.4. The van der Waals surface area contributed by atoms with E-state index >= 15 is 0 Å². The van der Waals surface area contributed by atoms with Gasteiger partial charge >= 0.3 is 0 Å². The molecule has 0 aliphatic carbocycles. The highest BCUT2D eigenvalue weighted by Crippen LogP contribution is 2.28. The Morgan fingerprint density at radius 3 is 2.06 bits per heavy atom. The number of benzene rings is 2. The summed E-state index contributed by atoms with van der Waals surface area (Å²) in [5.41, 5.74) is 2.62. The molecule has 4 aromatic rings. The Kier molecular flexibility index (Phi) is 7.10. The number of hydrogen-bond donors (Lipinski definition) is 2. The molecular formula is C23H20ClF2N5. The van der Waals surface area contributed by atoms with E-state index in [0.29, 0.717) is 17.5 Å². The second-order valence-corrected chi connectivity index (χ2v) is 6.77. The van der Waals surface area contributed by atoms with Gasteiger partial charge in [0.1, 0.15) is 29.1 Å². The topological polar surface area (TPSA) is 62.7 Å². The predicted molar refractivity (Wildman–Crippen MR) is 121 cm³/mol. The Labute approximate surface area is 185 Å². The first-order chi connectivity index (χ1) is 14.6. The average molecular weight is 440 g/mol. The first-order valence-electron chi connectivity index (χ1n) is 9.40. The van der Waals surface area contributed by atoms with Crippen molar-refractivity contribution in [2.75, 3.05) is 10.6 Å². The largest absolute Gasteiger partial charge is 0.363 e. The molecule has 8 heteroatoms. The van der Waals surface area contributed by atoms with Gasteiger partial charge in [0.2, 0.25) is 0 Å². The zero-order valence-corrected chi connectivity index (χ0v) is 17.4. The lowest BCUT2D eigenvalue weighted by molar-refractivity contribution is 0.626. The zero-order chi connectivity index (χ0) is 20.9. The van der Waals surface area contributed by atoms with Crippen molar-refractivity contribution < 1.29 is 8.78 Å². The predicted octanol–water partition coefficient (Wildman–Crippen LogP) is 6.16. The van der Waals surface area contributed by atoms with Gasteiger partial charge in [-0.15, -0.1) is 12.4 Å². The number of hydrogen-bond acceptors (Lipinski definition) is 5. The van der Waals surface area contributed by atoms with Crippen LogP contribution in [-0.2, 0) is 0 Å². The molecule has 0 amide bonds. The van der Waals surface area contributed by atoms with E-state index in [-0.39, 0.29) is 30.1 Å². The Hall–Kier alpha value is -3.58. The van der Waals surface area contributed by atoms with Gasteiger partial charge in [0.05, 0.1) is 6.20 Å². The molecule has 2 N–H and O–H groups in total. The number of rotatable bonds is 6. The molecule has 0 bridgehead atoms. The van der Waals surface area contributed by atoms with Crippen LogP contribution in [0.4, 0.5) is 26.2 Å². The maximum atomic E-state index is 13.4. The van der Waals surface area contributed by atoms with Crippen molar-refractivity contribution in [2.45, 2.75) is 13.0 Å². The Balaban J connectivity index is 0.00000272. The fraction of sp³-hybridized carbons (Fsp3) is 0.0870. The van der Waals surface area contributed by atoms with Gasteiger partial charge in [-0.25, -0.2) is 18.7 Å². The summed E-state index contributed by atoms with van der Waals surface area (Å²) in [7, 11) is 0. The summed E-state index contributed by atoms with van der Waals surface area (Å²) in [6.45, 7) is 1.97.